The first kappa shape index (κ1) is 12.4. The molecule has 2 nitrogen and oxygen atoms in total. The van der Waals surface area contributed by atoms with Gasteiger partial charge in [0.15, 0.2) is 0 Å². The van der Waals surface area contributed by atoms with E-state index in [1.807, 2.05) is 0 Å². The van der Waals surface area contributed by atoms with Crippen molar-refractivity contribution in [3.05, 3.63) is 0 Å². The van der Waals surface area contributed by atoms with Crippen molar-refractivity contribution in [1.29, 1.82) is 0 Å². The Kier molecular flexibility index (Phi) is 3.33. The Morgan fingerprint density at radius 2 is 1.75 bits per heavy atom. The maximum Gasteiger partial charge on any atom is 0.119 e. The summed E-state index contributed by atoms with van der Waals surface area (Å²) in [5, 5.41) is 3.68. The van der Waals surface area contributed by atoms with Crippen LogP contribution in [0.2, 0.25) is 0 Å². The topological polar surface area (TPSA) is 21.3 Å². The largest absolute Gasteiger partial charge is 0.360 e. The lowest BCUT2D eigenvalue weighted by atomic mass is 9.73. The highest BCUT2D eigenvalue weighted by Crippen LogP contribution is 2.42. The molecule has 94 valence electrons. The van der Waals surface area contributed by atoms with Crippen LogP contribution in [-0.4, -0.2) is 18.9 Å². The van der Waals surface area contributed by atoms with E-state index in [2.05, 4.69) is 33.0 Å². The number of ether oxygens (including phenoxy) is 1. The van der Waals surface area contributed by atoms with E-state index in [1.165, 1.54) is 25.7 Å². The van der Waals surface area contributed by atoms with Crippen molar-refractivity contribution in [1.82, 2.24) is 5.32 Å². The zero-order valence-corrected chi connectivity index (χ0v) is 11.3. The average Bonchev–Trinajstić information content (AvgIpc) is 2.24. The molecule has 1 aliphatic carbocycles. The first-order chi connectivity index (χ1) is 7.43. The van der Waals surface area contributed by atoms with Crippen LogP contribution in [0.15, 0.2) is 0 Å². The molecule has 2 fully saturated rings. The highest BCUT2D eigenvalue weighted by Gasteiger charge is 2.41. The molecule has 1 N–H and O–H groups in total. The van der Waals surface area contributed by atoms with Crippen LogP contribution in [0.1, 0.15) is 53.4 Å². The summed E-state index contributed by atoms with van der Waals surface area (Å²) < 4.78 is 6.16. The Labute approximate surface area is 100 Å². The highest BCUT2D eigenvalue weighted by atomic mass is 16.5. The number of nitrogens with one attached hydrogen (secondary N) is 1. The summed E-state index contributed by atoms with van der Waals surface area (Å²) in [4.78, 5) is 0. The normalized spacial score (nSPS) is 33.2. The SMILES string of the molecule is CC(C)C1CNC2(CCC(C)(C)CC2)OC1. The first-order valence-corrected chi connectivity index (χ1v) is 6.82. The van der Waals surface area contributed by atoms with E-state index in [0.717, 1.165) is 19.1 Å². The van der Waals surface area contributed by atoms with Crippen LogP contribution >= 0.6 is 0 Å². The minimum absolute atomic E-state index is 0.0287. The summed E-state index contributed by atoms with van der Waals surface area (Å²) in [7, 11) is 0. The second-order valence-electron chi connectivity index (χ2n) is 6.85. The summed E-state index contributed by atoms with van der Waals surface area (Å²) in [5.41, 5.74) is 0.548. The second kappa shape index (κ2) is 4.30. The molecule has 2 aliphatic rings. The average molecular weight is 225 g/mol. The molecule has 0 aromatic carbocycles. The van der Waals surface area contributed by atoms with E-state index in [9.17, 15) is 0 Å². The molecule has 1 spiro atoms. The van der Waals surface area contributed by atoms with Crippen molar-refractivity contribution >= 4 is 0 Å². The van der Waals surface area contributed by atoms with Gasteiger partial charge in [0.05, 0.1) is 6.61 Å². The van der Waals surface area contributed by atoms with Crippen LogP contribution in [-0.2, 0) is 4.74 Å². The summed E-state index contributed by atoms with van der Waals surface area (Å²) in [6.07, 6.45) is 4.94. The smallest absolute Gasteiger partial charge is 0.119 e. The van der Waals surface area contributed by atoms with Crippen molar-refractivity contribution in [2.75, 3.05) is 13.2 Å². The van der Waals surface area contributed by atoms with E-state index < -0.39 is 0 Å². The van der Waals surface area contributed by atoms with Gasteiger partial charge in [-0.2, -0.15) is 0 Å². The van der Waals surface area contributed by atoms with Crippen molar-refractivity contribution in [3.8, 4) is 0 Å². The van der Waals surface area contributed by atoms with Crippen molar-refractivity contribution in [2.24, 2.45) is 17.3 Å². The lowest BCUT2D eigenvalue weighted by Crippen LogP contribution is -2.57. The Balaban J connectivity index is 1.89. The lowest BCUT2D eigenvalue weighted by Gasteiger charge is -2.48. The van der Waals surface area contributed by atoms with Crippen molar-refractivity contribution in [2.45, 2.75) is 59.1 Å². The van der Waals surface area contributed by atoms with Gasteiger partial charge in [-0.3, -0.25) is 5.32 Å². The van der Waals surface area contributed by atoms with Gasteiger partial charge in [-0.15, -0.1) is 0 Å². The Bertz CT molecular complexity index is 227. The van der Waals surface area contributed by atoms with Gasteiger partial charge >= 0.3 is 0 Å². The standard InChI is InChI=1S/C14H27NO/c1-11(2)12-9-15-14(16-10-12)7-5-13(3,4)6-8-14/h11-12,15H,5-10H2,1-4H3. The van der Waals surface area contributed by atoms with Gasteiger partial charge in [-0.25, -0.2) is 0 Å². The monoisotopic (exact) mass is 225 g/mol. The highest BCUT2D eigenvalue weighted by molar-refractivity contribution is 4.92. The molecule has 1 aliphatic heterocycles. The molecule has 0 radical (unpaired) electrons. The molecule has 1 heterocycles. The van der Waals surface area contributed by atoms with E-state index >= 15 is 0 Å². The maximum atomic E-state index is 6.16. The van der Waals surface area contributed by atoms with E-state index in [1.54, 1.807) is 0 Å². The molecule has 2 heteroatoms. The molecule has 0 amide bonds. The van der Waals surface area contributed by atoms with Crippen LogP contribution in [0.25, 0.3) is 0 Å². The molecule has 0 aromatic rings. The van der Waals surface area contributed by atoms with Crippen LogP contribution in [0.3, 0.4) is 0 Å². The van der Waals surface area contributed by atoms with Crippen LogP contribution < -0.4 is 5.32 Å². The quantitative estimate of drug-likeness (QED) is 0.740. The van der Waals surface area contributed by atoms with Gasteiger partial charge < -0.3 is 4.74 Å². The molecular formula is C14H27NO. The van der Waals surface area contributed by atoms with Gasteiger partial charge in [0.2, 0.25) is 0 Å². The fourth-order valence-corrected chi connectivity index (χ4v) is 2.77. The fourth-order valence-electron chi connectivity index (χ4n) is 2.77. The van der Waals surface area contributed by atoms with Crippen molar-refractivity contribution < 1.29 is 4.74 Å². The molecule has 0 aromatic heterocycles. The fraction of sp³-hybridized carbons (Fsp3) is 1.00. The molecule has 2 rings (SSSR count). The second-order valence-corrected chi connectivity index (χ2v) is 6.85. The maximum absolute atomic E-state index is 6.16. The Hall–Kier alpha value is -0.0800. The van der Waals surface area contributed by atoms with E-state index in [-0.39, 0.29) is 5.72 Å². The minimum atomic E-state index is 0.0287. The third-order valence-corrected chi connectivity index (χ3v) is 4.61. The van der Waals surface area contributed by atoms with Crippen LogP contribution in [0, 0.1) is 17.3 Å². The van der Waals surface area contributed by atoms with Crippen LogP contribution in [0.4, 0.5) is 0 Å². The third kappa shape index (κ3) is 2.60. The van der Waals surface area contributed by atoms with Gasteiger partial charge in [0.25, 0.3) is 0 Å². The molecule has 0 bridgehead atoms. The zero-order chi connectivity index (χ0) is 11.8. The van der Waals surface area contributed by atoms with Gasteiger partial charge in [0, 0.05) is 6.54 Å². The van der Waals surface area contributed by atoms with E-state index in [4.69, 9.17) is 4.74 Å². The van der Waals surface area contributed by atoms with E-state index in [0.29, 0.717) is 11.3 Å². The first-order valence-electron chi connectivity index (χ1n) is 6.82. The van der Waals surface area contributed by atoms with Gasteiger partial charge in [-0.05, 0) is 42.9 Å². The molecular weight excluding hydrogens is 198 g/mol. The number of rotatable bonds is 1. The molecule has 1 atom stereocenters. The molecule has 1 unspecified atom stereocenters. The van der Waals surface area contributed by atoms with Gasteiger partial charge in [-0.1, -0.05) is 27.7 Å². The predicted molar refractivity (Wildman–Crippen MR) is 67.3 cm³/mol. The number of hydrogen-bond acceptors (Lipinski definition) is 2. The summed E-state index contributed by atoms with van der Waals surface area (Å²) in [5.74, 6) is 1.42. The summed E-state index contributed by atoms with van der Waals surface area (Å²) in [6, 6.07) is 0. The molecule has 16 heavy (non-hydrogen) atoms. The summed E-state index contributed by atoms with van der Waals surface area (Å²) >= 11 is 0. The Morgan fingerprint density at radius 3 is 2.19 bits per heavy atom. The number of hydrogen-bond donors (Lipinski definition) is 1. The predicted octanol–water partition coefficient (Wildman–Crippen LogP) is 3.17. The molecule has 1 saturated carbocycles. The minimum Gasteiger partial charge on any atom is -0.360 e. The lowest BCUT2D eigenvalue weighted by molar-refractivity contribution is -0.152. The zero-order valence-electron chi connectivity index (χ0n) is 11.3. The van der Waals surface area contributed by atoms with Crippen molar-refractivity contribution in [3.63, 3.8) is 0 Å². The summed E-state index contributed by atoms with van der Waals surface area (Å²) in [6.45, 7) is 11.4. The van der Waals surface area contributed by atoms with Gasteiger partial charge in [0.1, 0.15) is 5.72 Å². The Morgan fingerprint density at radius 1 is 1.12 bits per heavy atom. The third-order valence-electron chi connectivity index (χ3n) is 4.61. The van der Waals surface area contributed by atoms with Crippen LogP contribution in [0.5, 0.6) is 0 Å². The molecule has 1 saturated heterocycles.